The van der Waals surface area contributed by atoms with E-state index >= 15 is 0 Å². The number of nitrogens with zero attached hydrogens (tertiary/aromatic N) is 2. The largest absolute Gasteiger partial charge is 0.497 e. The second-order valence-electron chi connectivity index (χ2n) is 4.64. The first kappa shape index (κ1) is 16.0. The highest BCUT2D eigenvalue weighted by Crippen LogP contribution is 2.16. The normalized spacial score (nSPS) is 11.8. The number of ether oxygens (including phenoxy) is 1. The number of methoxy groups -OCH3 is 1. The maximum atomic E-state index is 12.0. The van der Waals surface area contributed by atoms with E-state index in [4.69, 9.17) is 10.00 Å². The van der Waals surface area contributed by atoms with Gasteiger partial charge in [-0.2, -0.15) is 5.26 Å². The van der Waals surface area contributed by atoms with Gasteiger partial charge in [-0.3, -0.25) is 9.69 Å². The first-order valence-electron chi connectivity index (χ1n) is 6.65. The molecular weight excluding hydrogens is 254 g/mol. The topological polar surface area (TPSA) is 65.4 Å². The van der Waals surface area contributed by atoms with E-state index in [9.17, 15) is 4.79 Å². The maximum absolute atomic E-state index is 12.0. The van der Waals surface area contributed by atoms with Crippen LogP contribution in [0.15, 0.2) is 24.3 Å². The zero-order valence-electron chi connectivity index (χ0n) is 12.2. The summed E-state index contributed by atoms with van der Waals surface area (Å²) in [6, 6.07) is 9.41. The van der Waals surface area contributed by atoms with Gasteiger partial charge in [0, 0.05) is 18.3 Å². The van der Waals surface area contributed by atoms with Crippen molar-refractivity contribution in [2.24, 2.45) is 5.92 Å². The van der Waals surface area contributed by atoms with E-state index in [1.807, 2.05) is 36.9 Å². The second-order valence-corrected chi connectivity index (χ2v) is 4.64. The Kier molecular flexibility index (Phi) is 6.54. The molecule has 0 aliphatic carbocycles. The molecule has 1 aromatic rings. The first-order valence-corrected chi connectivity index (χ1v) is 6.65. The van der Waals surface area contributed by atoms with Gasteiger partial charge in [-0.15, -0.1) is 0 Å². The number of likely N-dealkylation sites (N-methyl/N-ethyl adjacent to an activating group) is 1. The van der Waals surface area contributed by atoms with Crippen LogP contribution in [-0.2, 0) is 4.79 Å². The molecule has 1 aromatic carbocycles. The zero-order chi connectivity index (χ0) is 15.0. The van der Waals surface area contributed by atoms with Gasteiger partial charge in [-0.1, -0.05) is 13.0 Å². The Morgan fingerprint density at radius 2 is 2.30 bits per heavy atom. The summed E-state index contributed by atoms with van der Waals surface area (Å²) in [5.41, 5.74) is 0.707. The van der Waals surface area contributed by atoms with E-state index in [2.05, 4.69) is 11.4 Å². The number of benzene rings is 1. The molecule has 0 saturated heterocycles. The Balaban J connectivity index is 2.55. The molecule has 0 heterocycles. The standard InChI is InChI=1S/C15H21N3O2/c1-4-18(10-12(2)9-16)11-15(19)17-13-6-5-7-14(8-13)20-3/h5-8,12H,4,10-11H2,1-3H3,(H,17,19). The number of hydrogen-bond acceptors (Lipinski definition) is 4. The Labute approximate surface area is 120 Å². The second kappa shape index (κ2) is 8.18. The van der Waals surface area contributed by atoms with Crippen LogP contribution in [0.25, 0.3) is 0 Å². The molecule has 0 aromatic heterocycles. The van der Waals surface area contributed by atoms with Gasteiger partial charge in [-0.25, -0.2) is 0 Å². The van der Waals surface area contributed by atoms with E-state index in [-0.39, 0.29) is 18.4 Å². The Hall–Kier alpha value is -2.06. The van der Waals surface area contributed by atoms with Crippen molar-refractivity contribution in [2.45, 2.75) is 13.8 Å². The number of hydrogen-bond donors (Lipinski definition) is 1. The number of anilines is 1. The van der Waals surface area contributed by atoms with Gasteiger partial charge < -0.3 is 10.1 Å². The molecule has 1 amide bonds. The van der Waals surface area contributed by atoms with Crippen LogP contribution >= 0.6 is 0 Å². The minimum atomic E-state index is -0.0924. The molecule has 1 N–H and O–H groups in total. The molecule has 5 heteroatoms. The lowest BCUT2D eigenvalue weighted by Gasteiger charge is -2.20. The van der Waals surface area contributed by atoms with Crippen molar-refractivity contribution in [3.8, 4) is 11.8 Å². The highest BCUT2D eigenvalue weighted by molar-refractivity contribution is 5.92. The third-order valence-corrected chi connectivity index (χ3v) is 2.92. The van der Waals surface area contributed by atoms with Crippen LogP contribution in [0.4, 0.5) is 5.69 Å². The van der Waals surface area contributed by atoms with Crippen molar-refractivity contribution in [1.82, 2.24) is 4.90 Å². The van der Waals surface area contributed by atoms with Gasteiger partial charge in [0.25, 0.3) is 0 Å². The van der Waals surface area contributed by atoms with Crippen LogP contribution < -0.4 is 10.1 Å². The molecule has 0 aliphatic rings. The van der Waals surface area contributed by atoms with Gasteiger partial charge in [0.1, 0.15) is 5.75 Å². The van der Waals surface area contributed by atoms with Gasteiger partial charge in [0.15, 0.2) is 0 Å². The summed E-state index contributed by atoms with van der Waals surface area (Å²) in [4.78, 5) is 13.9. The van der Waals surface area contributed by atoms with Crippen LogP contribution in [0.1, 0.15) is 13.8 Å². The predicted molar refractivity (Wildman–Crippen MR) is 78.5 cm³/mol. The lowest BCUT2D eigenvalue weighted by molar-refractivity contribution is -0.117. The van der Waals surface area contributed by atoms with E-state index in [1.165, 1.54) is 0 Å². The lowest BCUT2D eigenvalue weighted by Crippen LogP contribution is -2.35. The van der Waals surface area contributed by atoms with Crippen LogP contribution in [-0.4, -0.2) is 37.6 Å². The average Bonchev–Trinajstić information content (AvgIpc) is 2.46. The van der Waals surface area contributed by atoms with Crippen molar-refractivity contribution in [2.75, 3.05) is 32.1 Å². The van der Waals surface area contributed by atoms with Crippen molar-refractivity contribution in [1.29, 1.82) is 5.26 Å². The van der Waals surface area contributed by atoms with Gasteiger partial charge in [-0.05, 0) is 25.6 Å². The summed E-state index contributed by atoms with van der Waals surface area (Å²) in [7, 11) is 1.59. The van der Waals surface area contributed by atoms with Crippen molar-refractivity contribution in [3.63, 3.8) is 0 Å². The van der Waals surface area contributed by atoms with Crippen LogP contribution in [0, 0.1) is 17.2 Å². The molecule has 0 radical (unpaired) electrons. The number of nitrogens with one attached hydrogen (secondary N) is 1. The molecule has 0 saturated carbocycles. The zero-order valence-corrected chi connectivity index (χ0v) is 12.2. The number of amides is 1. The predicted octanol–water partition coefficient (Wildman–Crippen LogP) is 2.12. The summed E-state index contributed by atoms with van der Waals surface area (Å²) in [5.74, 6) is 0.526. The highest BCUT2D eigenvalue weighted by atomic mass is 16.5. The summed E-state index contributed by atoms with van der Waals surface area (Å²) < 4.78 is 5.11. The van der Waals surface area contributed by atoms with E-state index in [0.717, 1.165) is 6.54 Å². The maximum Gasteiger partial charge on any atom is 0.238 e. The molecule has 0 aliphatic heterocycles. The third kappa shape index (κ3) is 5.29. The quantitative estimate of drug-likeness (QED) is 0.827. The third-order valence-electron chi connectivity index (χ3n) is 2.92. The molecule has 1 atom stereocenters. The van der Waals surface area contributed by atoms with Gasteiger partial charge in [0.05, 0.1) is 25.6 Å². The lowest BCUT2D eigenvalue weighted by atomic mass is 10.2. The molecule has 0 bridgehead atoms. The summed E-state index contributed by atoms with van der Waals surface area (Å²) in [6.45, 7) is 5.43. The highest BCUT2D eigenvalue weighted by Gasteiger charge is 2.12. The van der Waals surface area contributed by atoms with Crippen molar-refractivity contribution >= 4 is 11.6 Å². The summed E-state index contributed by atoms with van der Waals surface area (Å²) in [5, 5.41) is 11.6. The fourth-order valence-electron chi connectivity index (χ4n) is 1.84. The van der Waals surface area contributed by atoms with Crippen molar-refractivity contribution in [3.05, 3.63) is 24.3 Å². The molecule has 108 valence electrons. The summed E-state index contributed by atoms with van der Waals surface area (Å²) >= 11 is 0. The molecule has 20 heavy (non-hydrogen) atoms. The van der Waals surface area contributed by atoms with Crippen LogP contribution in [0.2, 0.25) is 0 Å². The molecular formula is C15H21N3O2. The Bertz CT molecular complexity index is 482. The molecule has 0 spiro atoms. The fraction of sp³-hybridized carbons (Fsp3) is 0.467. The molecule has 1 rings (SSSR count). The van der Waals surface area contributed by atoms with E-state index in [0.29, 0.717) is 18.0 Å². The minimum absolute atomic E-state index is 0.0837. The van der Waals surface area contributed by atoms with Crippen molar-refractivity contribution < 1.29 is 9.53 Å². The van der Waals surface area contributed by atoms with Crippen LogP contribution in [0.3, 0.4) is 0 Å². The van der Waals surface area contributed by atoms with Gasteiger partial charge in [0.2, 0.25) is 5.91 Å². The Morgan fingerprint density at radius 3 is 2.90 bits per heavy atom. The number of carbonyl (C=O) groups excluding carboxylic acids is 1. The van der Waals surface area contributed by atoms with Crippen LogP contribution in [0.5, 0.6) is 5.75 Å². The number of nitriles is 1. The molecule has 0 fully saturated rings. The summed E-state index contributed by atoms with van der Waals surface area (Å²) in [6.07, 6.45) is 0. The number of carbonyl (C=O) groups is 1. The van der Waals surface area contributed by atoms with E-state index in [1.54, 1.807) is 13.2 Å². The monoisotopic (exact) mass is 275 g/mol. The number of rotatable bonds is 7. The minimum Gasteiger partial charge on any atom is -0.497 e. The first-order chi connectivity index (χ1) is 9.58. The van der Waals surface area contributed by atoms with Gasteiger partial charge >= 0.3 is 0 Å². The molecule has 5 nitrogen and oxygen atoms in total. The average molecular weight is 275 g/mol. The smallest absolute Gasteiger partial charge is 0.238 e. The SMILES string of the molecule is CCN(CC(=O)Nc1cccc(OC)c1)CC(C)C#N. The molecule has 1 unspecified atom stereocenters. The fourth-order valence-corrected chi connectivity index (χ4v) is 1.84. The van der Waals surface area contributed by atoms with E-state index < -0.39 is 0 Å². The Morgan fingerprint density at radius 1 is 1.55 bits per heavy atom.